The van der Waals surface area contributed by atoms with Crippen LogP contribution in [0.15, 0.2) is 60.8 Å². The second kappa shape index (κ2) is 10.3. The lowest BCUT2D eigenvalue weighted by Gasteiger charge is -2.08. The minimum atomic E-state index is -0.255. The molecule has 33 heavy (non-hydrogen) atoms. The number of aromatic nitrogens is 3. The monoisotopic (exact) mass is 465 g/mol. The first-order valence-electron chi connectivity index (χ1n) is 10.4. The Bertz CT molecular complexity index is 1260. The molecule has 8 nitrogen and oxygen atoms in total. The van der Waals surface area contributed by atoms with E-state index in [0.29, 0.717) is 41.3 Å². The molecule has 2 heterocycles. The summed E-state index contributed by atoms with van der Waals surface area (Å²) in [6.07, 6.45) is 2.28. The van der Waals surface area contributed by atoms with Crippen LogP contribution in [0.4, 0.5) is 11.6 Å². The second-order valence-electron chi connectivity index (χ2n) is 7.36. The van der Waals surface area contributed by atoms with Gasteiger partial charge in [-0.05, 0) is 48.9 Å². The molecule has 170 valence electrons. The van der Waals surface area contributed by atoms with Gasteiger partial charge >= 0.3 is 0 Å². The average molecular weight is 466 g/mol. The fraction of sp³-hybridized carbons (Fsp3) is 0.208. The van der Waals surface area contributed by atoms with Crippen molar-refractivity contribution in [1.82, 2.24) is 19.9 Å². The summed E-state index contributed by atoms with van der Waals surface area (Å²) in [5.74, 6) is 1.56. The van der Waals surface area contributed by atoms with Crippen molar-refractivity contribution in [2.45, 2.75) is 6.42 Å². The molecule has 1 amide bonds. The van der Waals surface area contributed by atoms with E-state index in [2.05, 4.69) is 20.6 Å². The van der Waals surface area contributed by atoms with Crippen molar-refractivity contribution in [2.75, 3.05) is 25.6 Å². The molecule has 2 aromatic heterocycles. The van der Waals surface area contributed by atoms with E-state index >= 15 is 0 Å². The predicted octanol–water partition coefficient (Wildman–Crippen LogP) is 4.92. The van der Waals surface area contributed by atoms with E-state index < -0.39 is 0 Å². The van der Waals surface area contributed by atoms with Gasteiger partial charge in [-0.25, -0.2) is 4.98 Å². The summed E-state index contributed by atoms with van der Waals surface area (Å²) < 4.78 is 12.9. The fourth-order valence-corrected chi connectivity index (χ4v) is 3.39. The summed E-state index contributed by atoms with van der Waals surface area (Å²) in [5.41, 5.74) is 2.90. The Hall–Kier alpha value is -3.62. The van der Waals surface area contributed by atoms with E-state index in [1.165, 1.54) is 0 Å². The van der Waals surface area contributed by atoms with Crippen molar-refractivity contribution in [3.05, 3.63) is 71.5 Å². The minimum absolute atomic E-state index is 0.255. The number of benzene rings is 2. The second-order valence-corrected chi connectivity index (χ2v) is 7.79. The molecule has 0 aliphatic heterocycles. The highest BCUT2D eigenvalue weighted by Gasteiger charge is 2.11. The largest absolute Gasteiger partial charge is 0.457 e. The van der Waals surface area contributed by atoms with Crippen molar-refractivity contribution < 1.29 is 14.3 Å². The van der Waals surface area contributed by atoms with Gasteiger partial charge in [0.15, 0.2) is 0 Å². The number of anilines is 2. The van der Waals surface area contributed by atoms with Gasteiger partial charge < -0.3 is 24.7 Å². The number of nitrogens with zero attached hydrogens (tertiary/aromatic N) is 3. The number of methoxy groups -OCH3 is 1. The molecule has 0 aliphatic rings. The third-order valence-electron chi connectivity index (χ3n) is 4.96. The van der Waals surface area contributed by atoms with Crippen LogP contribution < -0.4 is 15.4 Å². The molecular weight excluding hydrogens is 442 g/mol. The SMILES string of the molecule is COCCCNC(=O)c1cc(Oc2ccc3c(c2)nc(Nc2ccc(Cl)cc2)n3C)ccn1. The summed E-state index contributed by atoms with van der Waals surface area (Å²) in [6, 6.07) is 16.4. The van der Waals surface area contributed by atoms with Crippen LogP contribution in [0.5, 0.6) is 11.5 Å². The first kappa shape index (κ1) is 22.6. The number of amides is 1. The van der Waals surface area contributed by atoms with Crippen LogP contribution >= 0.6 is 11.6 Å². The lowest BCUT2D eigenvalue weighted by atomic mass is 10.3. The van der Waals surface area contributed by atoms with Gasteiger partial charge in [-0.2, -0.15) is 0 Å². The van der Waals surface area contributed by atoms with Crippen LogP contribution in [-0.4, -0.2) is 40.7 Å². The van der Waals surface area contributed by atoms with Crippen molar-refractivity contribution in [3.8, 4) is 11.5 Å². The minimum Gasteiger partial charge on any atom is -0.457 e. The topological polar surface area (TPSA) is 90.3 Å². The quantitative estimate of drug-likeness (QED) is 0.341. The maximum Gasteiger partial charge on any atom is 0.270 e. The van der Waals surface area contributed by atoms with Crippen molar-refractivity contribution in [3.63, 3.8) is 0 Å². The Morgan fingerprint density at radius 2 is 1.88 bits per heavy atom. The molecule has 2 aromatic carbocycles. The van der Waals surface area contributed by atoms with Crippen molar-refractivity contribution in [2.24, 2.45) is 7.05 Å². The predicted molar refractivity (Wildman–Crippen MR) is 129 cm³/mol. The number of hydrogen-bond donors (Lipinski definition) is 2. The Labute approximate surface area is 196 Å². The summed E-state index contributed by atoms with van der Waals surface area (Å²) in [4.78, 5) is 21.1. The molecule has 2 N–H and O–H groups in total. The number of pyridine rings is 1. The first-order valence-corrected chi connectivity index (χ1v) is 10.8. The number of halogens is 1. The summed E-state index contributed by atoms with van der Waals surface area (Å²) >= 11 is 5.96. The van der Waals surface area contributed by atoms with E-state index in [9.17, 15) is 4.79 Å². The van der Waals surface area contributed by atoms with Crippen LogP contribution in [0.25, 0.3) is 11.0 Å². The Morgan fingerprint density at radius 3 is 2.67 bits per heavy atom. The third-order valence-corrected chi connectivity index (χ3v) is 5.22. The average Bonchev–Trinajstić information content (AvgIpc) is 3.12. The number of imidazole rings is 1. The zero-order valence-electron chi connectivity index (χ0n) is 18.3. The van der Waals surface area contributed by atoms with Gasteiger partial charge in [-0.3, -0.25) is 9.78 Å². The van der Waals surface area contributed by atoms with Crippen LogP contribution in [0, 0.1) is 0 Å². The van der Waals surface area contributed by atoms with Gasteiger partial charge in [0, 0.05) is 56.3 Å². The van der Waals surface area contributed by atoms with E-state index in [1.54, 1.807) is 25.4 Å². The summed E-state index contributed by atoms with van der Waals surface area (Å²) in [6.45, 7) is 1.10. The van der Waals surface area contributed by atoms with Gasteiger partial charge in [0.05, 0.1) is 11.0 Å². The van der Waals surface area contributed by atoms with Crippen LogP contribution in [0.3, 0.4) is 0 Å². The Balaban J connectivity index is 1.48. The number of ether oxygens (including phenoxy) is 2. The van der Waals surface area contributed by atoms with E-state index in [1.807, 2.05) is 54.1 Å². The van der Waals surface area contributed by atoms with Gasteiger partial charge in [-0.15, -0.1) is 0 Å². The number of nitrogens with one attached hydrogen (secondary N) is 2. The Morgan fingerprint density at radius 1 is 1.09 bits per heavy atom. The van der Waals surface area contributed by atoms with Crippen molar-refractivity contribution in [1.29, 1.82) is 0 Å². The molecular formula is C24H24ClN5O3. The first-order chi connectivity index (χ1) is 16.0. The van der Waals surface area contributed by atoms with E-state index in [0.717, 1.165) is 23.1 Å². The highest BCUT2D eigenvalue weighted by Crippen LogP contribution is 2.28. The van der Waals surface area contributed by atoms with E-state index in [-0.39, 0.29) is 5.91 Å². The molecule has 9 heteroatoms. The molecule has 0 unspecified atom stereocenters. The van der Waals surface area contributed by atoms with Crippen LogP contribution in [-0.2, 0) is 11.8 Å². The lowest BCUT2D eigenvalue weighted by Crippen LogP contribution is -2.26. The number of carbonyl (C=O) groups excluding carboxylic acids is 1. The van der Waals surface area contributed by atoms with Gasteiger partial charge in [0.25, 0.3) is 5.91 Å². The Kier molecular flexibility index (Phi) is 7.07. The molecule has 0 aliphatic carbocycles. The molecule has 0 saturated carbocycles. The zero-order chi connectivity index (χ0) is 23.2. The standard InChI is InChI=1S/C24H24ClN5O3/c1-30-22-9-8-18(14-20(22)29-24(30)28-17-6-4-16(25)5-7-17)33-19-10-12-26-21(15-19)23(31)27-11-3-13-32-2/h4-10,12,14-15H,3,11,13H2,1-2H3,(H,27,31)(H,28,29). The molecule has 4 aromatic rings. The maximum atomic E-state index is 12.3. The van der Waals surface area contributed by atoms with Gasteiger partial charge in [-0.1, -0.05) is 11.6 Å². The summed E-state index contributed by atoms with van der Waals surface area (Å²) in [5, 5.41) is 6.79. The lowest BCUT2D eigenvalue weighted by molar-refractivity contribution is 0.0943. The van der Waals surface area contributed by atoms with Gasteiger partial charge in [0.2, 0.25) is 5.95 Å². The normalized spacial score (nSPS) is 10.9. The number of carbonyl (C=O) groups is 1. The van der Waals surface area contributed by atoms with Crippen molar-refractivity contribution >= 4 is 40.2 Å². The molecule has 0 saturated heterocycles. The van der Waals surface area contributed by atoms with Gasteiger partial charge in [0.1, 0.15) is 17.2 Å². The van der Waals surface area contributed by atoms with Crippen LogP contribution in [0.1, 0.15) is 16.9 Å². The molecule has 0 atom stereocenters. The zero-order valence-corrected chi connectivity index (χ0v) is 19.1. The maximum absolute atomic E-state index is 12.3. The van der Waals surface area contributed by atoms with E-state index in [4.69, 9.17) is 21.1 Å². The fourth-order valence-electron chi connectivity index (χ4n) is 3.26. The number of rotatable bonds is 9. The highest BCUT2D eigenvalue weighted by molar-refractivity contribution is 6.30. The number of hydrogen-bond acceptors (Lipinski definition) is 6. The molecule has 0 fully saturated rings. The third kappa shape index (κ3) is 5.60. The summed E-state index contributed by atoms with van der Waals surface area (Å²) in [7, 11) is 3.57. The molecule has 0 radical (unpaired) electrons. The molecule has 0 spiro atoms. The molecule has 0 bridgehead atoms. The highest BCUT2D eigenvalue weighted by atomic mass is 35.5. The molecule has 4 rings (SSSR count). The number of aryl methyl sites for hydroxylation is 1. The smallest absolute Gasteiger partial charge is 0.270 e. The number of fused-ring (bicyclic) bond motifs is 1. The van der Waals surface area contributed by atoms with Crippen LogP contribution in [0.2, 0.25) is 5.02 Å².